The maximum atomic E-state index is 12.5. The van der Waals surface area contributed by atoms with Crippen LogP contribution in [0.2, 0.25) is 0 Å². The van der Waals surface area contributed by atoms with Gasteiger partial charge in [-0.3, -0.25) is 29.2 Å². The SMILES string of the molecule is CCOC(=O)CC(C(=O)OCC)N1CCN(CC2CN(CCN3CCN(Cc4ccccc4)CC3)C(=O)O2)CC1. The number of amides is 1. The van der Waals surface area contributed by atoms with Crippen molar-refractivity contribution in [3.05, 3.63) is 35.9 Å². The van der Waals surface area contributed by atoms with E-state index < -0.39 is 12.0 Å². The number of piperazine rings is 2. The van der Waals surface area contributed by atoms with E-state index in [4.69, 9.17) is 14.2 Å². The highest BCUT2D eigenvalue weighted by atomic mass is 16.6. The van der Waals surface area contributed by atoms with Gasteiger partial charge in [0.25, 0.3) is 0 Å². The Morgan fingerprint density at radius 1 is 0.875 bits per heavy atom. The van der Waals surface area contributed by atoms with E-state index in [1.165, 1.54) is 5.56 Å². The van der Waals surface area contributed by atoms with Crippen LogP contribution in [0.15, 0.2) is 30.3 Å². The van der Waals surface area contributed by atoms with Crippen LogP contribution in [0.25, 0.3) is 0 Å². The van der Waals surface area contributed by atoms with Crippen molar-refractivity contribution in [1.29, 1.82) is 0 Å². The van der Waals surface area contributed by atoms with Gasteiger partial charge in [-0.15, -0.1) is 0 Å². The van der Waals surface area contributed by atoms with Crippen LogP contribution in [-0.4, -0.2) is 146 Å². The quantitative estimate of drug-likeness (QED) is 0.259. The molecule has 1 aromatic rings. The molecule has 3 aliphatic heterocycles. The van der Waals surface area contributed by atoms with Crippen molar-refractivity contribution < 1.29 is 28.6 Å². The molecule has 40 heavy (non-hydrogen) atoms. The van der Waals surface area contributed by atoms with Crippen molar-refractivity contribution in [1.82, 2.24) is 24.5 Å². The molecule has 3 fully saturated rings. The molecular formula is C29H45N5O6. The smallest absolute Gasteiger partial charge is 0.410 e. The summed E-state index contributed by atoms with van der Waals surface area (Å²) in [6.07, 6.45) is -0.408. The van der Waals surface area contributed by atoms with Crippen LogP contribution in [0, 0.1) is 0 Å². The number of rotatable bonds is 13. The van der Waals surface area contributed by atoms with Gasteiger partial charge in [-0.25, -0.2) is 4.79 Å². The molecule has 0 bridgehead atoms. The number of carbonyl (C=O) groups is 3. The number of ether oxygens (including phenoxy) is 3. The summed E-state index contributed by atoms with van der Waals surface area (Å²) in [6.45, 7) is 14.6. The Morgan fingerprint density at radius 3 is 2.20 bits per heavy atom. The lowest BCUT2D eigenvalue weighted by Crippen LogP contribution is -2.54. The maximum absolute atomic E-state index is 12.5. The first-order valence-corrected chi connectivity index (χ1v) is 14.7. The molecule has 3 aliphatic rings. The van der Waals surface area contributed by atoms with Crippen molar-refractivity contribution in [3.8, 4) is 0 Å². The van der Waals surface area contributed by atoms with E-state index in [1.807, 2.05) is 9.80 Å². The van der Waals surface area contributed by atoms with Gasteiger partial charge < -0.3 is 19.1 Å². The number of benzene rings is 1. The molecule has 222 valence electrons. The molecule has 3 heterocycles. The highest BCUT2D eigenvalue weighted by Gasteiger charge is 2.36. The lowest BCUT2D eigenvalue weighted by molar-refractivity contribution is -0.157. The third-order valence-corrected chi connectivity index (χ3v) is 7.88. The average molecular weight is 560 g/mol. The zero-order valence-electron chi connectivity index (χ0n) is 24.0. The van der Waals surface area contributed by atoms with E-state index in [1.54, 1.807) is 13.8 Å². The molecule has 0 aromatic heterocycles. The molecule has 0 spiro atoms. The Labute approximate surface area is 237 Å². The van der Waals surface area contributed by atoms with E-state index in [2.05, 4.69) is 45.0 Å². The number of hydrogen-bond acceptors (Lipinski definition) is 10. The van der Waals surface area contributed by atoms with Crippen molar-refractivity contribution in [2.45, 2.75) is 39.0 Å². The van der Waals surface area contributed by atoms with Gasteiger partial charge in [-0.1, -0.05) is 30.3 Å². The van der Waals surface area contributed by atoms with Crippen LogP contribution in [0.5, 0.6) is 0 Å². The van der Waals surface area contributed by atoms with E-state index in [9.17, 15) is 14.4 Å². The number of carbonyl (C=O) groups excluding carboxylic acids is 3. The second kappa shape index (κ2) is 15.3. The molecule has 3 saturated heterocycles. The zero-order chi connectivity index (χ0) is 28.3. The average Bonchev–Trinajstić information content (AvgIpc) is 3.31. The first kappa shape index (κ1) is 30.2. The minimum absolute atomic E-state index is 0.00997. The predicted octanol–water partition coefficient (Wildman–Crippen LogP) is 1.13. The summed E-state index contributed by atoms with van der Waals surface area (Å²) >= 11 is 0. The summed E-state index contributed by atoms with van der Waals surface area (Å²) in [5.41, 5.74) is 1.35. The highest BCUT2D eigenvalue weighted by molar-refractivity contribution is 5.82. The summed E-state index contributed by atoms with van der Waals surface area (Å²) in [4.78, 5) is 48.1. The minimum atomic E-state index is -0.638. The first-order chi connectivity index (χ1) is 19.4. The van der Waals surface area contributed by atoms with Crippen LogP contribution < -0.4 is 0 Å². The molecule has 1 amide bonds. The standard InChI is InChI=1S/C29H45N5O6/c1-3-38-27(35)20-26(28(36)39-4-2)33-17-15-32(16-18-33)22-25-23-34(29(37)40-25)19-14-30-10-12-31(13-11-30)21-24-8-6-5-7-9-24/h5-9,25-26H,3-4,10-23H2,1-2H3. The Morgan fingerprint density at radius 2 is 1.52 bits per heavy atom. The summed E-state index contributed by atoms with van der Waals surface area (Å²) in [5.74, 6) is -0.781. The van der Waals surface area contributed by atoms with E-state index in [0.717, 1.165) is 52.4 Å². The molecule has 1 aromatic carbocycles. The Kier molecular flexibility index (Phi) is 11.6. The van der Waals surface area contributed by atoms with Crippen LogP contribution in [-0.2, 0) is 30.3 Å². The maximum Gasteiger partial charge on any atom is 0.410 e. The van der Waals surface area contributed by atoms with Crippen molar-refractivity contribution in [2.75, 3.05) is 91.8 Å². The van der Waals surface area contributed by atoms with E-state index in [-0.39, 0.29) is 37.8 Å². The van der Waals surface area contributed by atoms with Gasteiger partial charge in [0, 0.05) is 78.5 Å². The molecule has 2 unspecified atom stereocenters. The molecule has 2 atom stereocenters. The molecule has 4 rings (SSSR count). The summed E-state index contributed by atoms with van der Waals surface area (Å²) < 4.78 is 16.0. The second-order valence-electron chi connectivity index (χ2n) is 10.7. The van der Waals surface area contributed by atoms with Crippen LogP contribution >= 0.6 is 0 Å². The fourth-order valence-corrected chi connectivity index (χ4v) is 5.65. The van der Waals surface area contributed by atoms with Crippen molar-refractivity contribution in [3.63, 3.8) is 0 Å². The van der Waals surface area contributed by atoms with Gasteiger partial charge >= 0.3 is 18.0 Å². The number of hydrogen-bond donors (Lipinski definition) is 0. The van der Waals surface area contributed by atoms with Crippen LogP contribution in [0.4, 0.5) is 4.79 Å². The fraction of sp³-hybridized carbons (Fsp3) is 0.690. The highest BCUT2D eigenvalue weighted by Crippen LogP contribution is 2.17. The Balaban J connectivity index is 1.15. The van der Waals surface area contributed by atoms with Crippen molar-refractivity contribution >= 4 is 18.0 Å². The van der Waals surface area contributed by atoms with Gasteiger partial charge in [0.15, 0.2) is 0 Å². The summed E-state index contributed by atoms with van der Waals surface area (Å²) in [5, 5.41) is 0. The normalized spacial score (nSPS) is 22.2. The number of nitrogens with zero attached hydrogens (tertiary/aromatic N) is 5. The van der Waals surface area contributed by atoms with E-state index in [0.29, 0.717) is 32.7 Å². The fourth-order valence-electron chi connectivity index (χ4n) is 5.65. The zero-order valence-corrected chi connectivity index (χ0v) is 24.0. The number of cyclic esters (lactones) is 1. The largest absolute Gasteiger partial charge is 0.466 e. The summed E-state index contributed by atoms with van der Waals surface area (Å²) in [6, 6.07) is 9.94. The lowest BCUT2D eigenvalue weighted by atomic mass is 10.1. The monoisotopic (exact) mass is 559 g/mol. The Bertz CT molecular complexity index is 949. The molecule has 0 saturated carbocycles. The van der Waals surface area contributed by atoms with Gasteiger partial charge in [0.2, 0.25) is 0 Å². The van der Waals surface area contributed by atoms with E-state index >= 15 is 0 Å². The van der Waals surface area contributed by atoms with Gasteiger partial charge in [-0.05, 0) is 19.4 Å². The molecule has 11 heteroatoms. The third-order valence-electron chi connectivity index (χ3n) is 7.88. The third kappa shape index (κ3) is 8.89. The van der Waals surface area contributed by atoms with Crippen molar-refractivity contribution in [2.24, 2.45) is 0 Å². The van der Waals surface area contributed by atoms with Crippen LogP contribution in [0.3, 0.4) is 0 Å². The second-order valence-corrected chi connectivity index (χ2v) is 10.7. The molecule has 0 N–H and O–H groups in total. The first-order valence-electron chi connectivity index (χ1n) is 14.7. The molecular weight excluding hydrogens is 514 g/mol. The van der Waals surface area contributed by atoms with Gasteiger partial charge in [0.05, 0.1) is 26.2 Å². The predicted molar refractivity (Wildman–Crippen MR) is 150 cm³/mol. The van der Waals surface area contributed by atoms with Crippen LogP contribution in [0.1, 0.15) is 25.8 Å². The minimum Gasteiger partial charge on any atom is -0.466 e. The molecule has 11 nitrogen and oxygen atoms in total. The Hall–Kier alpha value is -2.73. The number of esters is 2. The molecule has 0 aliphatic carbocycles. The topological polar surface area (TPSA) is 95.1 Å². The van der Waals surface area contributed by atoms with Gasteiger partial charge in [-0.2, -0.15) is 0 Å². The molecule has 0 radical (unpaired) electrons. The summed E-state index contributed by atoms with van der Waals surface area (Å²) in [7, 11) is 0. The van der Waals surface area contributed by atoms with Gasteiger partial charge in [0.1, 0.15) is 12.1 Å². The lowest BCUT2D eigenvalue weighted by Gasteiger charge is -2.38.